The van der Waals surface area contributed by atoms with Crippen LogP contribution in [-0.2, 0) is 9.53 Å². The van der Waals surface area contributed by atoms with Crippen LogP contribution < -0.4 is 5.73 Å². The Kier molecular flexibility index (Phi) is 3.42. The number of rotatable bonds is 2. The zero-order valence-corrected chi connectivity index (χ0v) is 12.2. The summed E-state index contributed by atoms with van der Waals surface area (Å²) in [5.74, 6) is -0.311. The standard InChI is InChI=1S/C14H11N3O4S/c15-6-7-12(10-4-5-11(22-10)17(19)20)13-8(18)2-1-3-9(13)21-14(7)16/h4-5,12H,1-3,16H2. The van der Waals surface area contributed by atoms with E-state index in [1.54, 1.807) is 6.07 Å². The van der Waals surface area contributed by atoms with Gasteiger partial charge in [0.2, 0.25) is 5.88 Å². The van der Waals surface area contributed by atoms with Gasteiger partial charge in [0.25, 0.3) is 0 Å². The fraction of sp³-hybridized carbons (Fsp3) is 0.286. The molecule has 1 aliphatic carbocycles. The molecule has 2 N–H and O–H groups in total. The molecular weight excluding hydrogens is 306 g/mol. The predicted octanol–water partition coefficient (Wildman–Crippen LogP) is 2.47. The molecule has 1 atom stereocenters. The topological polar surface area (TPSA) is 119 Å². The Labute approximate surface area is 129 Å². The summed E-state index contributed by atoms with van der Waals surface area (Å²) in [5.41, 5.74) is 6.34. The summed E-state index contributed by atoms with van der Waals surface area (Å²) in [4.78, 5) is 23.2. The van der Waals surface area contributed by atoms with Crippen molar-refractivity contribution in [1.29, 1.82) is 5.26 Å². The maximum absolute atomic E-state index is 12.3. The van der Waals surface area contributed by atoms with E-state index in [4.69, 9.17) is 10.5 Å². The normalized spacial score (nSPS) is 21.2. The number of ether oxygens (including phenoxy) is 1. The number of nitriles is 1. The van der Waals surface area contributed by atoms with E-state index in [1.807, 2.05) is 6.07 Å². The quantitative estimate of drug-likeness (QED) is 0.661. The predicted molar refractivity (Wildman–Crippen MR) is 77.5 cm³/mol. The Morgan fingerprint density at radius 3 is 2.86 bits per heavy atom. The number of allylic oxidation sites excluding steroid dienone is 3. The number of nitro groups is 1. The van der Waals surface area contributed by atoms with Gasteiger partial charge in [-0.05, 0) is 12.5 Å². The van der Waals surface area contributed by atoms with Gasteiger partial charge < -0.3 is 10.5 Å². The van der Waals surface area contributed by atoms with E-state index in [9.17, 15) is 20.2 Å². The van der Waals surface area contributed by atoms with Crippen LogP contribution in [0.5, 0.6) is 0 Å². The van der Waals surface area contributed by atoms with Gasteiger partial charge in [-0.1, -0.05) is 11.3 Å². The second-order valence-corrected chi connectivity index (χ2v) is 6.07. The molecule has 0 bridgehead atoms. The minimum absolute atomic E-state index is 0.0306. The van der Waals surface area contributed by atoms with Gasteiger partial charge in [-0.15, -0.1) is 0 Å². The maximum Gasteiger partial charge on any atom is 0.324 e. The van der Waals surface area contributed by atoms with Crippen molar-refractivity contribution < 1.29 is 14.5 Å². The van der Waals surface area contributed by atoms with Crippen LogP contribution >= 0.6 is 11.3 Å². The first kappa shape index (κ1) is 14.3. The van der Waals surface area contributed by atoms with Crippen LogP contribution in [0.2, 0.25) is 0 Å². The minimum atomic E-state index is -0.666. The average Bonchev–Trinajstić information content (AvgIpc) is 2.95. The third kappa shape index (κ3) is 2.16. The molecular formula is C14H11N3O4S. The smallest absolute Gasteiger partial charge is 0.324 e. The van der Waals surface area contributed by atoms with Crippen molar-refractivity contribution in [2.45, 2.75) is 25.2 Å². The SMILES string of the molecule is N#CC1=C(N)OC2=C(C(=O)CCC2)C1c1ccc([N+](=O)[O-])s1. The number of thiophene rings is 1. The zero-order valence-electron chi connectivity index (χ0n) is 11.4. The Morgan fingerprint density at radius 2 is 2.23 bits per heavy atom. The molecule has 2 aliphatic rings. The first-order valence-electron chi connectivity index (χ1n) is 6.61. The molecule has 1 aromatic rings. The van der Waals surface area contributed by atoms with Crippen LogP contribution in [0.1, 0.15) is 30.1 Å². The van der Waals surface area contributed by atoms with E-state index in [2.05, 4.69) is 0 Å². The lowest BCUT2D eigenvalue weighted by Crippen LogP contribution is -2.26. The van der Waals surface area contributed by atoms with E-state index < -0.39 is 10.8 Å². The van der Waals surface area contributed by atoms with Crippen molar-refractivity contribution in [3.63, 3.8) is 0 Å². The van der Waals surface area contributed by atoms with Crippen LogP contribution in [-0.4, -0.2) is 10.7 Å². The lowest BCUT2D eigenvalue weighted by atomic mass is 9.80. The van der Waals surface area contributed by atoms with E-state index in [0.717, 1.165) is 11.3 Å². The van der Waals surface area contributed by atoms with Crippen molar-refractivity contribution in [3.8, 4) is 6.07 Å². The first-order chi connectivity index (χ1) is 10.5. The molecule has 1 aromatic heterocycles. The summed E-state index contributed by atoms with van der Waals surface area (Å²) in [6.07, 6.45) is 1.62. The second kappa shape index (κ2) is 5.27. The van der Waals surface area contributed by atoms with Gasteiger partial charge in [0.05, 0.1) is 10.8 Å². The highest BCUT2D eigenvalue weighted by molar-refractivity contribution is 7.15. The van der Waals surface area contributed by atoms with E-state index >= 15 is 0 Å². The lowest BCUT2D eigenvalue weighted by Gasteiger charge is -2.30. The zero-order chi connectivity index (χ0) is 15.9. The highest BCUT2D eigenvalue weighted by Crippen LogP contribution is 2.46. The summed E-state index contributed by atoms with van der Waals surface area (Å²) in [6, 6.07) is 4.91. The monoisotopic (exact) mass is 317 g/mol. The van der Waals surface area contributed by atoms with Crippen molar-refractivity contribution in [3.05, 3.63) is 49.9 Å². The van der Waals surface area contributed by atoms with Crippen molar-refractivity contribution in [2.75, 3.05) is 0 Å². The lowest BCUT2D eigenvalue weighted by molar-refractivity contribution is -0.380. The first-order valence-corrected chi connectivity index (χ1v) is 7.42. The fourth-order valence-corrected chi connectivity index (χ4v) is 3.68. The fourth-order valence-electron chi connectivity index (χ4n) is 2.74. The Hall–Kier alpha value is -2.66. The molecule has 0 spiro atoms. The maximum atomic E-state index is 12.3. The molecule has 1 unspecified atom stereocenters. The van der Waals surface area contributed by atoms with Crippen LogP contribution in [0, 0.1) is 21.4 Å². The molecule has 0 aromatic carbocycles. The number of ketones is 1. The molecule has 0 saturated carbocycles. The van der Waals surface area contributed by atoms with Gasteiger partial charge in [0.15, 0.2) is 5.78 Å². The van der Waals surface area contributed by atoms with Crippen molar-refractivity contribution in [1.82, 2.24) is 0 Å². The molecule has 0 fully saturated rings. The Morgan fingerprint density at radius 1 is 1.45 bits per heavy atom. The number of nitrogens with two attached hydrogens (primary N) is 1. The summed E-state index contributed by atoms with van der Waals surface area (Å²) in [6.45, 7) is 0. The molecule has 22 heavy (non-hydrogen) atoms. The molecule has 0 radical (unpaired) electrons. The molecule has 0 saturated heterocycles. The van der Waals surface area contributed by atoms with Crippen LogP contribution in [0.3, 0.4) is 0 Å². The summed E-state index contributed by atoms with van der Waals surface area (Å²) >= 11 is 0.945. The average molecular weight is 317 g/mol. The van der Waals surface area contributed by atoms with Crippen LogP contribution in [0.25, 0.3) is 0 Å². The Balaban J connectivity index is 2.15. The molecule has 7 nitrogen and oxygen atoms in total. The van der Waals surface area contributed by atoms with E-state index in [0.29, 0.717) is 35.5 Å². The van der Waals surface area contributed by atoms with Gasteiger partial charge in [-0.25, -0.2) is 0 Å². The van der Waals surface area contributed by atoms with Crippen LogP contribution in [0.4, 0.5) is 5.00 Å². The third-order valence-electron chi connectivity index (χ3n) is 3.68. The molecule has 3 rings (SSSR count). The van der Waals surface area contributed by atoms with Gasteiger partial charge >= 0.3 is 5.00 Å². The van der Waals surface area contributed by atoms with Crippen molar-refractivity contribution >= 4 is 22.1 Å². The number of hydrogen-bond donors (Lipinski definition) is 1. The number of Topliss-reactive ketones (excluding diaryl/α,β-unsaturated/α-hetero) is 1. The molecule has 1 aliphatic heterocycles. The summed E-state index contributed by atoms with van der Waals surface area (Å²) in [7, 11) is 0. The number of nitrogens with zero attached hydrogens (tertiary/aromatic N) is 2. The minimum Gasteiger partial charge on any atom is -0.444 e. The molecule has 0 amide bonds. The molecule has 112 valence electrons. The summed E-state index contributed by atoms with van der Waals surface area (Å²) < 4.78 is 5.43. The second-order valence-electron chi connectivity index (χ2n) is 4.97. The molecule has 2 heterocycles. The summed E-state index contributed by atoms with van der Waals surface area (Å²) in [5, 5.41) is 20.2. The van der Waals surface area contributed by atoms with Gasteiger partial charge in [0.1, 0.15) is 17.4 Å². The number of carbonyl (C=O) groups is 1. The van der Waals surface area contributed by atoms with Crippen molar-refractivity contribution in [2.24, 2.45) is 5.73 Å². The van der Waals surface area contributed by atoms with Crippen LogP contribution in [0.15, 0.2) is 34.9 Å². The van der Waals surface area contributed by atoms with E-state index in [1.165, 1.54) is 6.07 Å². The molecule has 8 heteroatoms. The highest BCUT2D eigenvalue weighted by atomic mass is 32.1. The van der Waals surface area contributed by atoms with Gasteiger partial charge in [-0.3, -0.25) is 14.9 Å². The van der Waals surface area contributed by atoms with Gasteiger partial charge in [0, 0.05) is 29.4 Å². The largest absolute Gasteiger partial charge is 0.444 e. The van der Waals surface area contributed by atoms with Gasteiger partial charge in [-0.2, -0.15) is 5.26 Å². The highest BCUT2D eigenvalue weighted by Gasteiger charge is 2.39. The van der Waals surface area contributed by atoms with E-state index in [-0.39, 0.29) is 22.2 Å². The number of carbonyl (C=O) groups excluding carboxylic acids is 1. The number of hydrogen-bond acceptors (Lipinski definition) is 7. The third-order valence-corrected chi connectivity index (χ3v) is 4.78. The Bertz CT molecular complexity index is 784.